The van der Waals surface area contributed by atoms with Crippen molar-refractivity contribution in [2.24, 2.45) is 0 Å². The van der Waals surface area contributed by atoms with Gasteiger partial charge in [-0.2, -0.15) is 0 Å². The summed E-state index contributed by atoms with van der Waals surface area (Å²) in [6, 6.07) is 5.88. The van der Waals surface area contributed by atoms with Crippen molar-refractivity contribution in [1.82, 2.24) is 25.2 Å². The van der Waals surface area contributed by atoms with E-state index < -0.39 is 0 Å². The van der Waals surface area contributed by atoms with Crippen LogP contribution in [-0.2, 0) is 4.79 Å². The molecule has 2 heterocycles. The van der Waals surface area contributed by atoms with Crippen molar-refractivity contribution in [2.75, 3.05) is 25.3 Å². The smallest absolute Gasteiger partial charge is 0.236 e. The molecule has 1 aliphatic carbocycles. The molecule has 0 aliphatic heterocycles. The highest BCUT2D eigenvalue weighted by atomic mass is 32.2. The second-order valence-corrected chi connectivity index (χ2v) is 7.88. The van der Waals surface area contributed by atoms with E-state index in [1.807, 2.05) is 23.6 Å². The number of ether oxygens (including phenoxy) is 2. The molecular weight excluding hydrogens is 400 g/mol. The van der Waals surface area contributed by atoms with Gasteiger partial charge in [0.1, 0.15) is 11.5 Å². The van der Waals surface area contributed by atoms with Gasteiger partial charge >= 0.3 is 0 Å². The van der Waals surface area contributed by atoms with Gasteiger partial charge in [0.15, 0.2) is 5.13 Å². The van der Waals surface area contributed by atoms with E-state index in [9.17, 15) is 4.79 Å². The van der Waals surface area contributed by atoms with E-state index in [2.05, 4.69) is 25.8 Å². The zero-order valence-electron chi connectivity index (χ0n) is 15.3. The first-order valence-electron chi connectivity index (χ1n) is 8.56. The zero-order valence-corrected chi connectivity index (χ0v) is 16.9. The molecule has 9 nitrogen and oxygen atoms in total. The van der Waals surface area contributed by atoms with Crippen molar-refractivity contribution in [2.45, 2.75) is 24.0 Å². The molecule has 0 spiro atoms. The maximum absolute atomic E-state index is 12.3. The van der Waals surface area contributed by atoms with Crippen LogP contribution in [-0.4, -0.2) is 51.1 Å². The number of benzene rings is 1. The number of thioether (sulfide) groups is 1. The minimum Gasteiger partial charge on any atom is -0.497 e. The Kier molecular flexibility index (Phi) is 5.44. The molecule has 2 aromatic heterocycles. The third-order valence-electron chi connectivity index (χ3n) is 4.12. The van der Waals surface area contributed by atoms with Crippen molar-refractivity contribution in [3.05, 3.63) is 23.6 Å². The average Bonchev–Trinajstić information content (AvgIpc) is 3.27. The van der Waals surface area contributed by atoms with Crippen LogP contribution in [0.25, 0.3) is 11.3 Å². The summed E-state index contributed by atoms with van der Waals surface area (Å²) < 4.78 is 12.5. The van der Waals surface area contributed by atoms with Gasteiger partial charge in [0, 0.05) is 10.9 Å². The summed E-state index contributed by atoms with van der Waals surface area (Å²) in [5, 5.41) is 17.5. The standard InChI is InChI=1S/C17H18N6O3S2/c1-25-11-5-6-14(26-2)12(7-11)13-8-27-16(18-13)19-15(24)9-28-17-20-21-22-23(17)10-3-4-10/h5-8,10H,3-4,9H2,1-2H3,(H,18,19,24). The number of tetrazole rings is 1. The zero-order chi connectivity index (χ0) is 19.5. The number of rotatable bonds is 8. The first-order chi connectivity index (χ1) is 13.7. The molecule has 0 bridgehead atoms. The molecule has 0 unspecified atom stereocenters. The highest BCUT2D eigenvalue weighted by molar-refractivity contribution is 7.99. The predicted molar refractivity (Wildman–Crippen MR) is 106 cm³/mol. The minimum absolute atomic E-state index is 0.158. The summed E-state index contributed by atoms with van der Waals surface area (Å²) in [6.07, 6.45) is 2.17. The molecule has 0 radical (unpaired) electrons. The number of carbonyl (C=O) groups is 1. The molecule has 1 fully saturated rings. The van der Waals surface area contributed by atoms with E-state index in [-0.39, 0.29) is 11.7 Å². The second-order valence-electron chi connectivity index (χ2n) is 6.08. The molecule has 146 valence electrons. The fourth-order valence-electron chi connectivity index (χ4n) is 2.58. The van der Waals surface area contributed by atoms with Gasteiger partial charge in [0.25, 0.3) is 0 Å². The Morgan fingerprint density at radius 3 is 2.96 bits per heavy atom. The lowest BCUT2D eigenvalue weighted by Crippen LogP contribution is -2.14. The number of hydrogen-bond donors (Lipinski definition) is 1. The molecule has 0 saturated heterocycles. The van der Waals surface area contributed by atoms with Crippen molar-refractivity contribution in [1.29, 1.82) is 0 Å². The van der Waals surface area contributed by atoms with Gasteiger partial charge in [-0.3, -0.25) is 4.79 Å². The van der Waals surface area contributed by atoms with Crippen LogP contribution < -0.4 is 14.8 Å². The van der Waals surface area contributed by atoms with Crippen molar-refractivity contribution >= 4 is 34.1 Å². The molecule has 1 amide bonds. The van der Waals surface area contributed by atoms with Gasteiger partial charge in [0.2, 0.25) is 11.1 Å². The molecule has 1 N–H and O–H groups in total. The second kappa shape index (κ2) is 8.15. The monoisotopic (exact) mass is 418 g/mol. The van der Waals surface area contributed by atoms with Crippen LogP contribution in [0.2, 0.25) is 0 Å². The number of aromatic nitrogens is 5. The maximum atomic E-state index is 12.3. The van der Waals surface area contributed by atoms with Crippen LogP contribution in [0.3, 0.4) is 0 Å². The Morgan fingerprint density at radius 2 is 2.21 bits per heavy atom. The minimum atomic E-state index is -0.158. The molecule has 11 heteroatoms. The maximum Gasteiger partial charge on any atom is 0.236 e. The van der Waals surface area contributed by atoms with Gasteiger partial charge < -0.3 is 14.8 Å². The molecule has 4 rings (SSSR count). The normalized spacial score (nSPS) is 13.4. The number of amides is 1. The number of carbonyl (C=O) groups excluding carboxylic acids is 1. The largest absolute Gasteiger partial charge is 0.497 e. The third kappa shape index (κ3) is 4.09. The van der Waals surface area contributed by atoms with Crippen molar-refractivity contribution in [3.8, 4) is 22.8 Å². The number of nitrogens with one attached hydrogen (secondary N) is 1. The van der Waals surface area contributed by atoms with Gasteiger partial charge in [0.05, 0.1) is 31.7 Å². The van der Waals surface area contributed by atoms with Gasteiger partial charge in [-0.05, 0) is 41.5 Å². The summed E-state index contributed by atoms with van der Waals surface area (Å²) in [5.41, 5.74) is 1.51. The lowest BCUT2D eigenvalue weighted by Gasteiger charge is -2.08. The van der Waals surface area contributed by atoms with Gasteiger partial charge in [-0.15, -0.1) is 16.4 Å². The fraction of sp³-hybridized carbons (Fsp3) is 0.353. The number of anilines is 1. The topological polar surface area (TPSA) is 104 Å². The van der Waals surface area contributed by atoms with E-state index in [1.165, 1.54) is 23.1 Å². The highest BCUT2D eigenvalue weighted by Crippen LogP contribution is 2.37. The number of hydrogen-bond acceptors (Lipinski definition) is 9. The Labute approximate surface area is 169 Å². The molecular formula is C17H18N6O3S2. The summed E-state index contributed by atoms with van der Waals surface area (Å²) in [4.78, 5) is 16.8. The molecule has 0 atom stereocenters. The van der Waals surface area contributed by atoms with E-state index >= 15 is 0 Å². The van der Waals surface area contributed by atoms with E-state index in [4.69, 9.17) is 9.47 Å². The number of thiazole rings is 1. The molecule has 1 saturated carbocycles. The van der Waals surface area contributed by atoms with Crippen LogP contribution >= 0.6 is 23.1 Å². The first-order valence-corrected chi connectivity index (χ1v) is 10.4. The van der Waals surface area contributed by atoms with Crippen LogP contribution in [0, 0.1) is 0 Å². The highest BCUT2D eigenvalue weighted by Gasteiger charge is 2.28. The Hall–Kier alpha value is -2.66. The van der Waals surface area contributed by atoms with Crippen molar-refractivity contribution in [3.63, 3.8) is 0 Å². The van der Waals surface area contributed by atoms with Crippen LogP contribution in [0.1, 0.15) is 18.9 Å². The summed E-state index contributed by atoms with van der Waals surface area (Å²) in [5.74, 6) is 1.45. The SMILES string of the molecule is COc1ccc(OC)c(-c2csc(NC(=O)CSc3nnnn3C3CC3)n2)c1. The lowest BCUT2D eigenvalue weighted by atomic mass is 10.1. The fourth-order valence-corrected chi connectivity index (χ4v) is 4.05. The average molecular weight is 419 g/mol. The number of methoxy groups -OCH3 is 2. The van der Waals surface area contributed by atoms with Crippen molar-refractivity contribution < 1.29 is 14.3 Å². The molecule has 28 heavy (non-hydrogen) atoms. The van der Waals surface area contributed by atoms with E-state index in [1.54, 1.807) is 18.9 Å². The molecule has 1 aromatic carbocycles. The van der Waals surface area contributed by atoms with Crippen LogP contribution in [0.5, 0.6) is 11.5 Å². The summed E-state index contributed by atoms with van der Waals surface area (Å²) in [7, 11) is 3.21. The molecule has 3 aromatic rings. The van der Waals surface area contributed by atoms with Crippen LogP contribution in [0.15, 0.2) is 28.7 Å². The Morgan fingerprint density at radius 1 is 1.36 bits per heavy atom. The predicted octanol–water partition coefficient (Wildman–Crippen LogP) is 2.88. The summed E-state index contributed by atoms with van der Waals surface area (Å²) in [6.45, 7) is 0. The lowest BCUT2D eigenvalue weighted by molar-refractivity contribution is -0.113. The van der Waals surface area contributed by atoms with Crippen LogP contribution in [0.4, 0.5) is 5.13 Å². The first kappa shape index (κ1) is 18.7. The van der Waals surface area contributed by atoms with E-state index in [0.717, 1.165) is 18.4 Å². The number of nitrogens with zero attached hydrogens (tertiary/aromatic N) is 5. The van der Waals surface area contributed by atoms with E-state index in [0.29, 0.717) is 33.5 Å². The quantitative estimate of drug-likeness (QED) is 0.557. The molecule has 1 aliphatic rings. The Balaban J connectivity index is 1.40. The Bertz CT molecular complexity index is 985. The summed E-state index contributed by atoms with van der Waals surface area (Å²) >= 11 is 2.67. The van der Waals surface area contributed by atoms with Gasteiger partial charge in [-0.1, -0.05) is 11.8 Å². The third-order valence-corrected chi connectivity index (χ3v) is 5.81. The van der Waals surface area contributed by atoms with Gasteiger partial charge in [-0.25, -0.2) is 9.67 Å².